The maximum Gasteiger partial charge on any atom is 0.410 e. The molecule has 0 bridgehead atoms. The number of hydrogen-bond acceptors (Lipinski definition) is 4. The van der Waals surface area contributed by atoms with Crippen molar-refractivity contribution in [2.75, 3.05) is 25.1 Å². The Morgan fingerprint density at radius 1 is 1.48 bits per heavy atom. The van der Waals surface area contributed by atoms with E-state index in [1.54, 1.807) is 16.7 Å². The van der Waals surface area contributed by atoms with Gasteiger partial charge in [0, 0.05) is 24.8 Å². The summed E-state index contributed by atoms with van der Waals surface area (Å²) in [5, 5.41) is 10.1. The lowest BCUT2D eigenvalue weighted by molar-refractivity contribution is 0.0466. The summed E-state index contributed by atoms with van der Waals surface area (Å²) in [6.45, 7) is 1.61. The Morgan fingerprint density at radius 3 is 2.95 bits per heavy atom. The predicted molar refractivity (Wildman–Crippen MR) is 85.3 cm³/mol. The number of aliphatic hydroxyl groups is 1. The Balaban J connectivity index is 1.81. The first-order chi connectivity index (χ1) is 10.2. The van der Waals surface area contributed by atoms with Gasteiger partial charge in [-0.15, -0.1) is 0 Å². The van der Waals surface area contributed by atoms with Gasteiger partial charge in [0.15, 0.2) is 0 Å². The van der Waals surface area contributed by atoms with E-state index in [9.17, 15) is 9.90 Å². The number of nitrogens with zero attached hydrogens (tertiary/aromatic N) is 1. The van der Waals surface area contributed by atoms with Crippen molar-refractivity contribution in [3.8, 4) is 0 Å². The van der Waals surface area contributed by atoms with E-state index in [2.05, 4.69) is 0 Å². The lowest BCUT2D eigenvalue weighted by Crippen LogP contribution is -2.44. The third-order valence-corrected chi connectivity index (χ3v) is 4.48. The first kappa shape index (κ1) is 16.2. The van der Waals surface area contributed by atoms with Gasteiger partial charge in [-0.2, -0.15) is 11.8 Å². The fourth-order valence-electron chi connectivity index (χ4n) is 2.61. The summed E-state index contributed by atoms with van der Waals surface area (Å²) < 4.78 is 5.36. The third kappa shape index (κ3) is 4.93. The number of piperidine rings is 1. The highest BCUT2D eigenvalue weighted by molar-refractivity contribution is 7.98. The predicted octanol–water partition coefficient (Wildman–Crippen LogP) is 2.76. The molecule has 1 aliphatic heterocycles. The van der Waals surface area contributed by atoms with E-state index < -0.39 is 0 Å². The SMILES string of the molecule is CSC[C@@H](O)[C@H]1CCCN(C(=O)OCc2ccccc2)C1. The van der Waals surface area contributed by atoms with Gasteiger partial charge in [-0.05, 0) is 24.7 Å². The van der Waals surface area contributed by atoms with Crippen LogP contribution in [0.25, 0.3) is 0 Å². The molecular weight excluding hydrogens is 286 g/mol. The zero-order chi connectivity index (χ0) is 15.1. The van der Waals surface area contributed by atoms with E-state index in [0.29, 0.717) is 13.2 Å². The number of carbonyl (C=O) groups is 1. The fourth-order valence-corrected chi connectivity index (χ4v) is 3.22. The minimum atomic E-state index is -0.343. The van der Waals surface area contributed by atoms with E-state index in [4.69, 9.17) is 4.74 Å². The number of benzene rings is 1. The third-order valence-electron chi connectivity index (χ3n) is 3.80. The van der Waals surface area contributed by atoms with Crippen LogP contribution in [0, 0.1) is 5.92 Å². The summed E-state index contributed by atoms with van der Waals surface area (Å²) in [4.78, 5) is 13.8. The molecule has 1 aromatic carbocycles. The molecule has 0 radical (unpaired) electrons. The van der Waals surface area contributed by atoms with Crippen molar-refractivity contribution >= 4 is 17.9 Å². The zero-order valence-corrected chi connectivity index (χ0v) is 13.2. The molecule has 0 saturated carbocycles. The standard InChI is InChI=1S/C16H23NO3S/c1-21-12-15(18)14-8-5-9-17(10-14)16(19)20-11-13-6-3-2-4-7-13/h2-4,6-7,14-15,18H,5,8-12H2,1H3/t14-,15+/m0/s1. The van der Waals surface area contributed by atoms with Crippen molar-refractivity contribution in [2.24, 2.45) is 5.92 Å². The normalized spacial score (nSPS) is 20.1. The Morgan fingerprint density at radius 2 is 2.24 bits per heavy atom. The van der Waals surface area contributed by atoms with E-state index in [0.717, 1.165) is 30.7 Å². The Hall–Kier alpha value is -1.20. The summed E-state index contributed by atoms with van der Waals surface area (Å²) >= 11 is 1.64. The molecule has 1 fully saturated rings. The first-order valence-electron chi connectivity index (χ1n) is 7.33. The van der Waals surface area contributed by atoms with Gasteiger partial charge in [-0.3, -0.25) is 0 Å². The van der Waals surface area contributed by atoms with Crippen LogP contribution in [0.2, 0.25) is 0 Å². The number of carbonyl (C=O) groups excluding carboxylic acids is 1. The summed E-state index contributed by atoms with van der Waals surface area (Å²) in [6, 6.07) is 9.68. The van der Waals surface area contributed by atoms with Gasteiger partial charge in [0.25, 0.3) is 0 Å². The molecule has 21 heavy (non-hydrogen) atoms. The number of likely N-dealkylation sites (tertiary alicyclic amines) is 1. The van der Waals surface area contributed by atoms with Gasteiger partial charge in [-0.25, -0.2) is 4.79 Å². The molecule has 0 aromatic heterocycles. The van der Waals surface area contributed by atoms with Crippen LogP contribution in [0.4, 0.5) is 4.79 Å². The van der Waals surface area contributed by atoms with E-state index in [-0.39, 0.29) is 18.1 Å². The van der Waals surface area contributed by atoms with Gasteiger partial charge in [-0.1, -0.05) is 30.3 Å². The number of hydrogen-bond donors (Lipinski definition) is 1. The maximum atomic E-state index is 12.1. The van der Waals surface area contributed by atoms with Crippen LogP contribution in [0.5, 0.6) is 0 Å². The molecule has 4 nitrogen and oxygen atoms in total. The minimum absolute atomic E-state index is 0.162. The van der Waals surface area contributed by atoms with Crippen molar-refractivity contribution in [3.05, 3.63) is 35.9 Å². The van der Waals surface area contributed by atoms with Crippen LogP contribution in [0.15, 0.2) is 30.3 Å². The average molecular weight is 309 g/mol. The number of ether oxygens (including phenoxy) is 1. The van der Waals surface area contributed by atoms with Crippen LogP contribution in [-0.2, 0) is 11.3 Å². The highest BCUT2D eigenvalue weighted by Gasteiger charge is 2.28. The van der Waals surface area contributed by atoms with Gasteiger partial charge in [0.2, 0.25) is 0 Å². The van der Waals surface area contributed by atoms with E-state index in [1.165, 1.54) is 0 Å². The van der Waals surface area contributed by atoms with Crippen LogP contribution >= 0.6 is 11.8 Å². The molecular formula is C16H23NO3S. The number of amides is 1. The summed E-state index contributed by atoms with van der Waals surface area (Å²) in [5.41, 5.74) is 0.988. The smallest absolute Gasteiger partial charge is 0.410 e. The minimum Gasteiger partial charge on any atom is -0.445 e. The van der Waals surface area contributed by atoms with Crippen molar-refractivity contribution in [3.63, 3.8) is 0 Å². The molecule has 1 saturated heterocycles. The van der Waals surface area contributed by atoms with Crippen molar-refractivity contribution < 1.29 is 14.6 Å². The molecule has 1 aliphatic rings. The first-order valence-corrected chi connectivity index (χ1v) is 8.72. The molecule has 5 heteroatoms. The second-order valence-electron chi connectivity index (χ2n) is 5.41. The molecule has 0 spiro atoms. The van der Waals surface area contributed by atoms with E-state index in [1.807, 2.05) is 36.6 Å². The largest absolute Gasteiger partial charge is 0.445 e. The fraction of sp³-hybridized carbons (Fsp3) is 0.562. The van der Waals surface area contributed by atoms with Crippen LogP contribution in [0.3, 0.4) is 0 Å². The maximum absolute atomic E-state index is 12.1. The van der Waals surface area contributed by atoms with Crippen molar-refractivity contribution in [1.82, 2.24) is 4.90 Å². The molecule has 2 rings (SSSR count). The number of aliphatic hydroxyl groups excluding tert-OH is 1. The molecule has 0 aliphatic carbocycles. The Bertz CT molecular complexity index is 440. The summed E-state index contributed by atoms with van der Waals surface area (Å²) in [5.74, 6) is 0.882. The topological polar surface area (TPSA) is 49.8 Å². The van der Waals surface area contributed by atoms with E-state index >= 15 is 0 Å². The second-order valence-corrected chi connectivity index (χ2v) is 6.32. The second kappa shape index (κ2) is 8.29. The molecule has 1 heterocycles. The highest BCUT2D eigenvalue weighted by atomic mass is 32.2. The Labute approximate surface area is 130 Å². The number of rotatable bonds is 5. The van der Waals surface area contributed by atoms with Gasteiger partial charge in [0.1, 0.15) is 6.61 Å². The molecule has 1 amide bonds. The molecule has 2 atom stereocenters. The highest BCUT2D eigenvalue weighted by Crippen LogP contribution is 2.22. The van der Waals surface area contributed by atoms with Crippen LogP contribution in [0.1, 0.15) is 18.4 Å². The van der Waals surface area contributed by atoms with Crippen molar-refractivity contribution in [2.45, 2.75) is 25.6 Å². The lowest BCUT2D eigenvalue weighted by atomic mass is 9.93. The van der Waals surface area contributed by atoms with Gasteiger partial charge in [0.05, 0.1) is 6.10 Å². The van der Waals surface area contributed by atoms with Crippen LogP contribution in [-0.4, -0.2) is 47.3 Å². The molecule has 1 aromatic rings. The summed E-state index contributed by atoms with van der Waals surface area (Å²) in [6.07, 6.45) is 3.27. The molecule has 116 valence electrons. The molecule has 1 N–H and O–H groups in total. The number of thioether (sulfide) groups is 1. The summed E-state index contributed by atoms with van der Waals surface area (Å²) in [7, 11) is 0. The monoisotopic (exact) mass is 309 g/mol. The average Bonchev–Trinajstić information content (AvgIpc) is 2.54. The van der Waals surface area contributed by atoms with Gasteiger partial charge < -0.3 is 14.7 Å². The lowest BCUT2D eigenvalue weighted by Gasteiger charge is -2.34. The zero-order valence-electron chi connectivity index (χ0n) is 12.4. The Kier molecular flexibility index (Phi) is 6.39. The van der Waals surface area contributed by atoms with Gasteiger partial charge >= 0.3 is 6.09 Å². The van der Waals surface area contributed by atoms with Crippen molar-refractivity contribution in [1.29, 1.82) is 0 Å². The van der Waals surface area contributed by atoms with Crippen LogP contribution < -0.4 is 0 Å². The molecule has 0 unspecified atom stereocenters. The quantitative estimate of drug-likeness (QED) is 0.908.